The molecule has 0 unspecified atom stereocenters. The Morgan fingerprint density at radius 2 is 2.07 bits per heavy atom. The fraction of sp³-hybridized carbons (Fsp3) is 0.750. The van der Waals surface area contributed by atoms with Gasteiger partial charge in [-0.15, -0.1) is 5.10 Å². The van der Waals surface area contributed by atoms with Gasteiger partial charge in [-0.25, -0.2) is 4.68 Å². The number of aromatic nitrogens is 4. The second-order valence-electron chi connectivity index (χ2n) is 3.53. The molecule has 0 saturated carbocycles. The van der Waals surface area contributed by atoms with E-state index >= 15 is 0 Å². The van der Waals surface area contributed by atoms with Crippen molar-refractivity contribution in [3.8, 4) is 0 Å². The average molecular weight is 195 g/mol. The van der Waals surface area contributed by atoms with E-state index in [0.29, 0.717) is 18.6 Å². The summed E-state index contributed by atoms with van der Waals surface area (Å²) in [5.41, 5.74) is 0. The molecule has 0 radical (unpaired) electrons. The predicted molar refractivity (Wildman–Crippen MR) is 48.3 cm³/mol. The van der Waals surface area contributed by atoms with Crippen LogP contribution in [0.1, 0.15) is 18.7 Å². The molecule has 1 saturated heterocycles. The van der Waals surface area contributed by atoms with Crippen molar-refractivity contribution in [2.24, 2.45) is 7.05 Å². The van der Waals surface area contributed by atoms with Gasteiger partial charge >= 0.3 is 0 Å². The molecule has 0 N–H and O–H groups in total. The second-order valence-corrected chi connectivity index (χ2v) is 3.53. The number of nitrogens with zero attached hydrogens (tertiary/aromatic N) is 5. The Morgan fingerprint density at radius 3 is 2.64 bits per heavy atom. The SMILES string of the molecule is Cn1nnnc1CN1CCC(=O)CC1. The molecule has 14 heavy (non-hydrogen) atoms. The van der Waals surface area contributed by atoms with Crippen LogP contribution in [0.4, 0.5) is 0 Å². The first-order chi connectivity index (χ1) is 6.75. The number of likely N-dealkylation sites (tertiary alicyclic amines) is 1. The van der Waals surface area contributed by atoms with Crippen LogP contribution in [0, 0.1) is 0 Å². The van der Waals surface area contributed by atoms with E-state index in [9.17, 15) is 4.79 Å². The third-order valence-electron chi connectivity index (χ3n) is 2.49. The van der Waals surface area contributed by atoms with Crippen molar-refractivity contribution in [3.63, 3.8) is 0 Å². The molecule has 6 heteroatoms. The van der Waals surface area contributed by atoms with Crippen molar-refractivity contribution in [1.29, 1.82) is 0 Å². The maximum absolute atomic E-state index is 11.0. The number of hydrogen-bond acceptors (Lipinski definition) is 5. The van der Waals surface area contributed by atoms with Crippen LogP contribution in [-0.2, 0) is 18.4 Å². The Labute approximate surface area is 81.9 Å². The maximum atomic E-state index is 11.0. The van der Waals surface area contributed by atoms with Crippen LogP contribution in [-0.4, -0.2) is 44.0 Å². The molecular formula is C8H13N5O. The third-order valence-corrected chi connectivity index (χ3v) is 2.49. The van der Waals surface area contributed by atoms with Crippen LogP contribution < -0.4 is 0 Å². The minimum Gasteiger partial charge on any atom is -0.300 e. The zero-order chi connectivity index (χ0) is 9.97. The highest BCUT2D eigenvalue weighted by atomic mass is 16.1. The normalized spacial score (nSPS) is 18.8. The molecule has 0 aliphatic carbocycles. The van der Waals surface area contributed by atoms with Crippen LogP contribution in [0.25, 0.3) is 0 Å². The van der Waals surface area contributed by atoms with E-state index in [0.717, 1.165) is 25.5 Å². The van der Waals surface area contributed by atoms with E-state index in [4.69, 9.17) is 0 Å². The van der Waals surface area contributed by atoms with Gasteiger partial charge in [-0.3, -0.25) is 9.69 Å². The lowest BCUT2D eigenvalue weighted by Crippen LogP contribution is -2.34. The smallest absolute Gasteiger partial charge is 0.164 e. The summed E-state index contributed by atoms with van der Waals surface area (Å²) in [4.78, 5) is 13.2. The predicted octanol–water partition coefficient (Wildman–Crippen LogP) is -0.625. The minimum atomic E-state index is 0.359. The van der Waals surface area contributed by atoms with E-state index in [2.05, 4.69) is 20.4 Å². The summed E-state index contributed by atoms with van der Waals surface area (Å²) >= 11 is 0. The van der Waals surface area contributed by atoms with E-state index in [1.54, 1.807) is 4.68 Å². The molecule has 1 fully saturated rings. The van der Waals surface area contributed by atoms with Gasteiger partial charge in [-0.1, -0.05) is 0 Å². The molecule has 6 nitrogen and oxygen atoms in total. The van der Waals surface area contributed by atoms with Gasteiger partial charge < -0.3 is 0 Å². The van der Waals surface area contributed by atoms with Gasteiger partial charge in [0.05, 0.1) is 6.54 Å². The van der Waals surface area contributed by atoms with Crippen LogP contribution in [0.3, 0.4) is 0 Å². The molecule has 1 aromatic rings. The molecule has 0 bridgehead atoms. The Kier molecular flexibility index (Phi) is 2.53. The van der Waals surface area contributed by atoms with Crippen molar-refractivity contribution in [2.45, 2.75) is 19.4 Å². The van der Waals surface area contributed by atoms with Crippen LogP contribution >= 0.6 is 0 Å². The van der Waals surface area contributed by atoms with E-state index in [1.165, 1.54) is 0 Å². The number of Topliss-reactive ketones (excluding diaryl/α,β-unsaturated/α-hetero) is 1. The van der Waals surface area contributed by atoms with Crippen molar-refractivity contribution in [1.82, 2.24) is 25.1 Å². The number of ketones is 1. The Bertz CT molecular complexity index is 324. The lowest BCUT2D eigenvalue weighted by molar-refractivity contribution is -0.121. The van der Waals surface area contributed by atoms with Gasteiger partial charge in [-0.2, -0.15) is 0 Å². The molecule has 1 aliphatic rings. The van der Waals surface area contributed by atoms with Crippen molar-refractivity contribution in [2.75, 3.05) is 13.1 Å². The number of tetrazole rings is 1. The average Bonchev–Trinajstić information content (AvgIpc) is 2.56. The Morgan fingerprint density at radius 1 is 1.36 bits per heavy atom. The molecule has 0 aromatic carbocycles. The minimum absolute atomic E-state index is 0.359. The van der Waals surface area contributed by atoms with Crippen LogP contribution in [0.2, 0.25) is 0 Å². The van der Waals surface area contributed by atoms with Gasteiger partial charge in [0.15, 0.2) is 5.82 Å². The molecule has 1 aliphatic heterocycles. The highest BCUT2D eigenvalue weighted by Crippen LogP contribution is 2.08. The highest BCUT2D eigenvalue weighted by molar-refractivity contribution is 5.79. The van der Waals surface area contributed by atoms with Crippen LogP contribution in [0.15, 0.2) is 0 Å². The first-order valence-corrected chi connectivity index (χ1v) is 4.71. The first kappa shape index (κ1) is 9.26. The lowest BCUT2D eigenvalue weighted by Gasteiger charge is -2.24. The summed E-state index contributed by atoms with van der Waals surface area (Å²) in [5, 5.41) is 11.2. The van der Waals surface area contributed by atoms with E-state index in [-0.39, 0.29) is 0 Å². The number of hydrogen-bond donors (Lipinski definition) is 0. The van der Waals surface area contributed by atoms with Crippen molar-refractivity contribution in [3.05, 3.63) is 5.82 Å². The van der Waals surface area contributed by atoms with Crippen molar-refractivity contribution < 1.29 is 4.79 Å². The van der Waals surface area contributed by atoms with Gasteiger partial charge in [0.2, 0.25) is 0 Å². The van der Waals surface area contributed by atoms with E-state index in [1.807, 2.05) is 7.05 Å². The molecule has 0 spiro atoms. The van der Waals surface area contributed by atoms with Gasteiger partial charge in [0.25, 0.3) is 0 Å². The van der Waals surface area contributed by atoms with Gasteiger partial charge in [0, 0.05) is 33.0 Å². The van der Waals surface area contributed by atoms with E-state index < -0.39 is 0 Å². The lowest BCUT2D eigenvalue weighted by atomic mass is 10.1. The topological polar surface area (TPSA) is 63.9 Å². The summed E-state index contributed by atoms with van der Waals surface area (Å²) in [6.07, 6.45) is 1.32. The zero-order valence-corrected chi connectivity index (χ0v) is 8.18. The molecule has 2 rings (SSSR count). The molecule has 0 amide bonds. The number of carbonyl (C=O) groups is 1. The number of carbonyl (C=O) groups excluding carboxylic acids is 1. The summed E-state index contributed by atoms with van der Waals surface area (Å²) in [5.74, 6) is 1.21. The molecule has 2 heterocycles. The summed E-state index contributed by atoms with van der Waals surface area (Å²) in [7, 11) is 1.82. The van der Waals surface area contributed by atoms with Gasteiger partial charge in [0.1, 0.15) is 5.78 Å². The Balaban J connectivity index is 1.92. The molecule has 1 aromatic heterocycles. The quantitative estimate of drug-likeness (QED) is 0.629. The zero-order valence-electron chi connectivity index (χ0n) is 8.18. The maximum Gasteiger partial charge on any atom is 0.164 e. The molecule has 0 atom stereocenters. The van der Waals surface area contributed by atoms with Crippen LogP contribution in [0.5, 0.6) is 0 Å². The number of piperidine rings is 1. The third kappa shape index (κ3) is 1.95. The largest absolute Gasteiger partial charge is 0.300 e. The molecule has 76 valence electrons. The Hall–Kier alpha value is -1.30. The second kappa shape index (κ2) is 3.83. The first-order valence-electron chi connectivity index (χ1n) is 4.71. The highest BCUT2D eigenvalue weighted by Gasteiger charge is 2.17. The number of rotatable bonds is 2. The van der Waals surface area contributed by atoms with Gasteiger partial charge in [-0.05, 0) is 10.4 Å². The van der Waals surface area contributed by atoms with Crippen molar-refractivity contribution >= 4 is 5.78 Å². The standard InChI is InChI=1S/C8H13N5O/c1-12-8(9-10-11-12)6-13-4-2-7(14)3-5-13/h2-6H2,1H3. The monoisotopic (exact) mass is 195 g/mol. The number of aryl methyl sites for hydroxylation is 1. The summed E-state index contributed by atoms with van der Waals surface area (Å²) in [6, 6.07) is 0. The molecular weight excluding hydrogens is 182 g/mol. The fourth-order valence-corrected chi connectivity index (χ4v) is 1.54. The fourth-order valence-electron chi connectivity index (χ4n) is 1.54. The summed E-state index contributed by atoms with van der Waals surface area (Å²) in [6.45, 7) is 2.38. The summed E-state index contributed by atoms with van der Waals surface area (Å²) < 4.78 is 1.66.